The number of pyridine rings is 1. The summed E-state index contributed by atoms with van der Waals surface area (Å²) in [6.07, 6.45) is 5.86. The second kappa shape index (κ2) is 14.7. The summed E-state index contributed by atoms with van der Waals surface area (Å²) in [5.41, 5.74) is 2.20. The standard InChI is InChI=1S/C38H50N4O8/c1-23-16-26-17-25(19-30(47-7)33(26)49-23)32(34(44)40-27-21-41(22-27)36(46)50-37(2,3)4)42(28-18-24-12-9-10-13-29(24)39-20-28)31(43)14-11-15-38(5,6)35(45)48-8/h16-20,27,32H,9-15,21-22H2,1-8H3,(H,40,44). The minimum atomic E-state index is -1.12. The number of benzene rings is 1. The number of nitrogens with zero attached hydrogens (tertiary/aromatic N) is 3. The monoisotopic (exact) mass is 690 g/mol. The number of aryl methyl sites for hydroxylation is 3. The van der Waals surface area contributed by atoms with Gasteiger partial charge < -0.3 is 28.8 Å². The Kier molecular flexibility index (Phi) is 10.8. The highest BCUT2D eigenvalue weighted by Gasteiger charge is 2.40. The van der Waals surface area contributed by atoms with Crippen molar-refractivity contribution < 1.29 is 37.8 Å². The molecule has 0 spiro atoms. The fraction of sp³-hybridized carbons (Fsp3) is 0.553. The van der Waals surface area contributed by atoms with Gasteiger partial charge in [0, 0.05) is 30.6 Å². The number of fused-ring (bicyclic) bond motifs is 2. The van der Waals surface area contributed by atoms with Gasteiger partial charge in [-0.1, -0.05) is 0 Å². The van der Waals surface area contributed by atoms with Crippen LogP contribution in [0.3, 0.4) is 0 Å². The lowest BCUT2D eigenvalue weighted by molar-refractivity contribution is -0.151. The van der Waals surface area contributed by atoms with Crippen LogP contribution >= 0.6 is 0 Å². The molecular formula is C38H50N4O8. The first-order valence-corrected chi connectivity index (χ1v) is 17.3. The van der Waals surface area contributed by atoms with E-state index >= 15 is 0 Å². The zero-order chi connectivity index (χ0) is 36.4. The third-order valence-corrected chi connectivity index (χ3v) is 9.28. The lowest BCUT2D eigenvalue weighted by Crippen LogP contribution is -2.62. The van der Waals surface area contributed by atoms with Crippen LogP contribution in [0.25, 0.3) is 11.0 Å². The maximum Gasteiger partial charge on any atom is 0.410 e. The van der Waals surface area contributed by atoms with Crippen molar-refractivity contribution in [3.63, 3.8) is 0 Å². The summed E-state index contributed by atoms with van der Waals surface area (Å²) >= 11 is 0. The van der Waals surface area contributed by atoms with Gasteiger partial charge in [0.25, 0.3) is 0 Å². The second-order valence-corrected chi connectivity index (χ2v) is 15.0. The van der Waals surface area contributed by atoms with E-state index in [9.17, 15) is 19.2 Å². The fourth-order valence-electron chi connectivity index (χ4n) is 6.65. The molecule has 2 aliphatic rings. The molecule has 1 fully saturated rings. The number of aromatic nitrogens is 1. The van der Waals surface area contributed by atoms with Crippen LogP contribution in [-0.4, -0.2) is 72.7 Å². The predicted octanol–water partition coefficient (Wildman–Crippen LogP) is 6.20. The molecule has 3 aromatic rings. The van der Waals surface area contributed by atoms with E-state index < -0.39 is 29.1 Å². The highest BCUT2D eigenvalue weighted by molar-refractivity contribution is 6.02. The van der Waals surface area contributed by atoms with Gasteiger partial charge in [-0.2, -0.15) is 0 Å². The van der Waals surface area contributed by atoms with Crippen molar-refractivity contribution in [1.29, 1.82) is 0 Å². The zero-order valence-corrected chi connectivity index (χ0v) is 30.5. The topological polar surface area (TPSA) is 141 Å². The Hall–Kier alpha value is -4.61. The van der Waals surface area contributed by atoms with E-state index in [4.69, 9.17) is 23.6 Å². The Labute approximate surface area is 293 Å². The SMILES string of the molecule is COC(=O)C(C)(C)CCCC(=O)N(c1cnc2c(c1)CCCC2)C(C(=O)NC1CN(C(=O)OC(C)(C)C)C1)c1cc(OC)c2oc(C)cc2c1. The molecule has 1 unspecified atom stereocenters. The number of amides is 3. The number of carbonyl (C=O) groups is 4. The van der Waals surface area contributed by atoms with Crippen molar-refractivity contribution >= 4 is 40.5 Å². The van der Waals surface area contributed by atoms with E-state index in [1.165, 1.54) is 24.0 Å². The summed E-state index contributed by atoms with van der Waals surface area (Å²) in [4.78, 5) is 61.9. The molecule has 0 radical (unpaired) electrons. The van der Waals surface area contributed by atoms with Crippen molar-refractivity contribution in [3.05, 3.63) is 53.0 Å². The quantitative estimate of drug-likeness (QED) is 0.233. The average molecular weight is 691 g/mol. The van der Waals surface area contributed by atoms with Crippen LogP contribution in [0.1, 0.15) is 95.3 Å². The highest BCUT2D eigenvalue weighted by Crippen LogP contribution is 2.38. The number of hydrogen-bond acceptors (Lipinski definition) is 9. The first-order valence-electron chi connectivity index (χ1n) is 17.3. The maximum absolute atomic E-state index is 14.6. The smallest absolute Gasteiger partial charge is 0.410 e. The molecule has 270 valence electrons. The van der Waals surface area contributed by atoms with Gasteiger partial charge in [0.05, 0.1) is 37.6 Å². The molecule has 12 nitrogen and oxygen atoms in total. The number of nitrogens with one attached hydrogen (secondary N) is 1. The van der Waals surface area contributed by atoms with Crippen LogP contribution in [0.2, 0.25) is 0 Å². The molecule has 3 heterocycles. The Bertz CT molecular complexity index is 1750. The van der Waals surface area contributed by atoms with Crippen molar-refractivity contribution in [1.82, 2.24) is 15.2 Å². The molecule has 1 atom stereocenters. The van der Waals surface area contributed by atoms with Crippen molar-refractivity contribution in [3.8, 4) is 5.75 Å². The van der Waals surface area contributed by atoms with Crippen LogP contribution in [0.4, 0.5) is 10.5 Å². The third-order valence-electron chi connectivity index (χ3n) is 9.28. The molecule has 0 saturated carbocycles. The molecule has 50 heavy (non-hydrogen) atoms. The number of methoxy groups -OCH3 is 2. The summed E-state index contributed by atoms with van der Waals surface area (Å²) in [5, 5.41) is 3.82. The van der Waals surface area contributed by atoms with Gasteiger partial charge in [0.15, 0.2) is 11.3 Å². The number of likely N-dealkylation sites (tertiary alicyclic amines) is 1. The predicted molar refractivity (Wildman–Crippen MR) is 188 cm³/mol. The van der Waals surface area contributed by atoms with Crippen LogP contribution in [0.5, 0.6) is 5.75 Å². The Morgan fingerprint density at radius 2 is 1.76 bits per heavy atom. The summed E-state index contributed by atoms with van der Waals surface area (Å²) in [5.74, 6) is 0.0398. The Morgan fingerprint density at radius 1 is 1.04 bits per heavy atom. The molecule has 1 saturated heterocycles. The Balaban J connectivity index is 1.53. The highest BCUT2D eigenvalue weighted by atomic mass is 16.6. The lowest BCUT2D eigenvalue weighted by atomic mass is 9.87. The molecule has 5 rings (SSSR count). The minimum absolute atomic E-state index is 0.0708. The van der Waals surface area contributed by atoms with Crippen LogP contribution in [0, 0.1) is 12.3 Å². The third kappa shape index (κ3) is 8.22. The zero-order valence-electron chi connectivity index (χ0n) is 30.5. The Morgan fingerprint density at radius 3 is 2.44 bits per heavy atom. The van der Waals surface area contributed by atoms with Gasteiger partial charge in [-0.3, -0.25) is 24.3 Å². The van der Waals surface area contributed by atoms with E-state index in [-0.39, 0.29) is 37.4 Å². The molecule has 1 aromatic carbocycles. The van der Waals surface area contributed by atoms with Gasteiger partial charge >= 0.3 is 12.1 Å². The first kappa shape index (κ1) is 36.7. The normalized spacial score (nSPS) is 15.5. The number of esters is 1. The van der Waals surface area contributed by atoms with Crippen molar-refractivity contribution in [2.45, 2.75) is 104 Å². The minimum Gasteiger partial charge on any atom is -0.493 e. The molecular weight excluding hydrogens is 640 g/mol. The van der Waals surface area contributed by atoms with Crippen LogP contribution in [0.15, 0.2) is 34.9 Å². The molecule has 2 aromatic heterocycles. The van der Waals surface area contributed by atoms with Crippen LogP contribution in [-0.2, 0) is 36.7 Å². The lowest BCUT2D eigenvalue weighted by Gasteiger charge is -2.41. The number of ether oxygens (including phenoxy) is 3. The van der Waals surface area contributed by atoms with Gasteiger partial charge in [-0.15, -0.1) is 0 Å². The van der Waals surface area contributed by atoms with E-state index in [0.29, 0.717) is 41.2 Å². The summed E-state index contributed by atoms with van der Waals surface area (Å²) < 4.78 is 22.1. The summed E-state index contributed by atoms with van der Waals surface area (Å²) in [7, 11) is 2.88. The van der Waals surface area contributed by atoms with Crippen LogP contribution < -0.4 is 15.0 Å². The second-order valence-electron chi connectivity index (χ2n) is 15.0. The molecule has 3 amide bonds. The van der Waals surface area contributed by atoms with Crippen molar-refractivity contribution in [2.75, 3.05) is 32.2 Å². The average Bonchev–Trinajstić information content (AvgIpc) is 3.42. The van der Waals surface area contributed by atoms with Gasteiger partial charge in [0.1, 0.15) is 17.4 Å². The molecule has 12 heteroatoms. The molecule has 1 aliphatic heterocycles. The van der Waals surface area contributed by atoms with E-state index in [2.05, 4.69) is 5.32 Å². The van der Waals surface area contributed by atoms with Crippen molar-refractivity contribution in [2.24, 2.45) is 5.41 Å². The fourth-order valence-corrected chi connectivity index (χ4v) is 6.65. The number of rotatable bonds is 11. The summed E-state index contributed by atoms with van der Waals surface area (Å²) in [6.45, 7) is 11.4. The van der Waals surface area contributed by atoms with E-state index in [1.807, 2.05) is 25.1 Å². The summed E-state index contributed by atoms with van der Waals surface area (Å²) in [6, 6.07) is 5.95. The number of furan rings is 1. The number of hydrogen-bond donors (Lipinski definition) is 1. The van der Waals surface area contributed by atoms with Gasteiger partial charge in [0.2, 0.25) is 11.8 Å². The molecule has 0 bridgehead atoms. The largest absolute Gasteiger partial charge is 0.493 e. The maximum atomic E-state index is 14.6. The van der Waals surface area contributed by atoms with Gasteiger partial charge in [-0.25, -0.2) is 4.79 Å². The molecule has 1 N–H and O–H groups in total. The first-order chi connectivity index (χ1) is 23.6. The van der Waals surface area contributed by atoms with E-state index in [0.717, 1.165) is 42.3 Å². The van der Waals surface area contributed by atoms with Gasteiger partial charge in [-0.05, 0) is 115 Å². The number of carbonyl (C=O) groups excluding carboxylic acids is 4. The number of anilines is 1. The van der Waals surface area contributed by atoms with E-state index in [1.54, 1.807) is 46.9 Å². The molecule has 1 aliphatic carbocycles.